The van der Waals surface area contributed by atoms with Crippen LogP contribution < -0.4 is 0 Å². The van der Waals surface area contributed by atoms with Gasteiger partial charge in [0.05, 0.1) is 0 Å². The van der Waals surface area contributed by atoms with E-state index in [2.05, 4.69) is 6.08 Å². The van der Waals surface area contributed by atoms with E-state index in [0.29, 0.717) is 18.4 Å². The lowest BCUT2D eigenvalue weighted by Gasteiger charge is -2.06. The second-order valence-corrected chi connectivity index (χ2v) is 3.70. The summed E-state index contributed by atoms with van der Waals surface area (Å²) in [6.45, 7) is 0. The third-order valence-electron chi connectivity index (χ3n) is 2.43. The number of carbonyl (C=O) groups is 2. The van der Waals surface area contributed by atoms with E-state index in [0.717, 1.165) is 5.57 Å². The Morgan fingerprint density at radius 1 is 1.25 bits per heavy atom. The first-order valence-electron chi connectivity index (χ1n) is 5.14. The Balaban J connectivity index is 2.06. The standard InChI is InChI=1S/C14H11O2/c15-13-8-4-5-11(9-13)10-14(16)12-6-2-1-3-7-12/h1-7H,9-10H2. The molecule has 0 atom stereocenters. The van der Waals surface area contributed by atoms with E-state index in [1.54, 1.807) is 24.3 Å². The Kier molecular flexibility index (Phi) is 3.10. The van der Waals surface area contributed by atoms with E-state index in [-0.39, 0.29) is 11.6 Å². The van der Waals surface area contributed by atoms with Crippen LogP contribution in [0.1, 0.15) is 23.2 Å². The molecule has 0 amide bonds. The molecule has 1 radical (unpaired) electrons. The number of Topliss-reactive ketones (excluding diaryl/α,β-unsaturated/α-hetero) is 2. The van der Waals surface area contributed by atoms with Crippen molar-refractivity contribution in [3.63, 3.8) is 0 Å². The topological polar surface area (TPSA) is 34.1 Å². The summed E-state index contributed by atoms with van der Waals surface area (Å²) in [4.78, 5) is 22.9. The van der Waals surface area contributed by atoms with Crippen LogP contribution in [0.25, 0.3) is 0 Å². The smallest absolute Gasteiger partial charge is 0.167 e. The highest BCUT2D eigenvalue weighted by Crippen LogP contribution is 2.15. The Hall–Kier alpha value is -1.96. The van der Waals surface area contributed by atoms with Gasteiger partial charge in [-0.3, -0.25) is 9.59 Å². The lowest BCUT2D eigenvalue weighted by molar-refractivity contribution is -0.114. The van der Waals surface area contributed by atoms with Crippen molar-refractivity contribution in [3.8, 4) is 0 Å². The summed E-state index contributed by atoms with van der Waals surface area (Å²) in [5.41, 5.74) is 1.55. The summed E-state index contributed by atoms with van der Waals surface area (Å²) in [5, 5.41) is 0. The molecule has 0 spiro atoms. The zero-order valence-corrected chi connectivity index (χ0v) is 8.77. The second kappa shape index (κ2) is 4.71. The van der Waals surface area contributed by atoms with E-state index in [9.17, 15) is 9.59 Å². The van der Waals surface area contributed by atoms with Gasteiger partial charge in [-0.2, -0.15) is 0 Å². The number of hydrogen-bond acceptors (Lipinski definition) is 2. The van der Waals surface area contributed by atoms with Crippen molar-refractivity contribution in [2.45, 2.75) is 12.8 Å². The van der Waals surface area contributed by atoms with Gasteiger partial charge in [0, 0.05) is 24.5 Å². The van der Waals surface area contributed by atoms with Crippen LogP contribution in [0.4, 0.5) is 0 Å². The van der Waals surface area contributed by atoms with Crippen LogP contribution in [0.15, 0.2) is 48.1 Å². The number of rotatable bonds is 3. The van der Waals surface area contributed by atoms with E-state index in [1.807, 2.05) is 18.2 Å². The number of allylic oxidation sites excluding steroid dienone is 4. The van der Waals surface area contributed by atoms with Crippen molar-refractivity contribution >= 4 is 11.6 Å². The van der Waals surface area contributed by atoms with Crippen molar-refractivity contribution in [2.75, 3.05) is 0 Å². The maximum absolute atomic E-state index is 11.8. The maximum atomic E-state index is 11.8. The van der Waals surface area contributed by atoms with Crippen LogP contribution in [-0.2, 0) is 4.79 Å². The summed E-state index contributed by atoms with van der Waals surface area (Å²) in [5.74, 6) is -0.00619. The second-order valence-electron chi connectivity index (χ2n) is 3.70. The fraction of sp³-hybridized carbons (Fsp3) is 0.143. The lowest BCUT2D eigenvalue weighted by Crippen LogP contribution is -2.06. The molecular formula is C14H11O2. The highest BCUT2D eigenvalue weighted by Gasteiger charge is 2.12. The molecule has 1 aromatic carbocycles. The molecule has 1 aliphatic rings. The Labute approximate surface area is 94.3 Å². The van der Waals surface area contributed by atoms with Gasteiger partial charge < -0.3 is 0 Å². The zero-order valence-electron chi connectivity index (χ0n) is 8.77. The van der Waals surface area contributed by atoms with Gasteiger partial charge in [0.25, 0.3) is 0 Å². The van der Waals surface area contributed by atoms with Crippen LogP contribution in [0.2, 0.25) is 0 Å². The largest absolute Gasteiger partial charge is 0.294 e. The predicted molar refractivity (Wildman–Crippen MR) is 60.9 cm³/mol. The minimum absolute atomic E-state index is 0.0509. The molecule has 1 aliphatic carbocycles. The molecular weight excluding hydrogens is 200 g/mol. The highest BCUT2D eigenvalue weighted by atomic mass is 16.1. The molecule has 0 fully saturated rings. The molecule has 0 saturated carbocycles. The number of hydrogen-bond donors (Lipinski definition) is 0. The summed E-state index contributed by atoms with van der Waals surface area (Å²) in [7, 11) is 0. The van der Waals surface area contributed by atoms with Gasteiger partial charge in [-0.15, -0.1) is 0 Å². The maximum Gasteiger partial charge on any atom is 0.167 e. The Morgan fingerprint density at radius 2 is 2.00 bits per heavy atom. The third kappa shape index (κ3) is 2.54. The molecule has 2 rings (SSSR count). The average molecular weight is 211 g/mol. The number of ketones is 2. The molecule has 0 unspecified atom stereocenters. The van der Waals surface area contributed by atoms with E-state index in [1.165, 1.54) is 0 Å². The normalized spacial score (nSPS) is 14.8. The molecule has 0 aromatic heterocycles. The predicted octanol–water partition coefficient (Wildman–Crippen LogP) is 2.52. The molecule has 79 valence electrons. The number of benzene rings is 1. The summed E-state index contributed by atoms with van der Waals surface area (Å²) >= 11 is 0. The van der Waals surface area contributed by atoms with Crippen molar-refractivity contribution in [2.24, 2.45) is 0 Å². The first-order chi connectivity index (χ1) is 7.75. The average Bonchev–Trinajstić information content (AvgIpc) is 2.30. The van der Waals surface area contributed by atoms with Crippen LogP contribution >= 0.6 is 0 Å². The van der Waals surface area contributed by atoms with Crippen molar-refractivity contribution in [3.05, 3.63) is 59.7 Å². The van der Waals surface area contributed by atoms with Gasteiger partial charge in [-0.25, -0.2) is 0 Å². The van der Waals surface area contributed by atoms with E-state index in [4.69, 9.17) is 0 Å². The fourth-order valence-corrected chi connectivity index (χ4v) is 1.62. The van der Waals surface area contributed by atoms with Gasteiger partial charge in [0.2, 0.25) is 0 Å². The summed E-state index contributed by atoms with van der Waals surface area (Å²) in [6.07, 6.45) is 6.58. The van der Waals surface area contributed by atoms with Gasteiger partial charge in [-0.05, 0) is 0 Å². The quantitative estimate of drug-likeness (QED) is 0.720. The molecule has 0 heterocycles. The molecule has 0 saturated heterocycles. The van der Waals surface area contributed by atoms with Gasteiger partial charge in [-0.1, -0.05) is 48.1 Å². The summed E-state index contributed by atoms with van der Waals surface area (Å²) < 4.78 is 0. The van der Waals surface area contributed by atoms with Crippen LogP contribution in [0, 0.1) is 6.08 Å². The summed E-state index contributed by atoms with van der Waals surface area (Å²) in [6, 6.07) is 9.12. The van der Waals surface area contributed by atoms with E-state index >= 15 is 0 Å². The zero-order chi connectivity index (χ0) is 11.4. The lowest BCUT2D eigenvalue weighted by atomic mass is 9.96. The molecule has 0 N–H and O–H groups in total. The molecule has 1 aromatic rings. The Morgan fingerprint density at radius 3 is 2.69 bits per heavy atom. The van der Waals surface area contributed by atoms with Gasteiger partial charge in [0.1, 0.15) is 0 Å². The van der Waals surface area contributed by atoms with E-state index < -0.39 is 0 Å². The molecule has 16 heavy (non-hydrogen) atoms. The van der Waals surface area contributed by atoms with Crippen molar-refractivity contribution in [1.29, 1.82) is 0 Å². The minimum atomic E-state index is -0.0571. The van der Waals surface area contributed by atoms with Gasteiger partial charge >= 0.3 is 0 Å². The van der Waals surface area contributed by atoms with Crippen LogP contribution in [-0.4, -0.2) is 11.6 Å². The molecule has 2 heteroatoms. The monoisotopic (exact) mass is 211 g/mol. The highest BCUT2D eigenvalue weighted by molar-refractivity contribution is 5.99. The van der Waals surface area contributed by atoms with Gasteiger partial charge in [0.15, 0.2) is 11.6 Å². The van der Waals surface area contributed by atoms with Crippen molar-refractivity contribution in [1.82, 2.24) is 0 Å². The van der Waals surface area contributed by atoms with Crippen molar-refractivity contribution < 1.29 is 9.59 Å². The first-order valence-corrected chi connectivity index (χ1v) is 5.14. The SMILES string of the molecule is O=C1[C]=CC=C(CC(=O)c2ccccc2)C1. The molecule has 0 bridgehead atoms. The number of carbonyl (C=O) groups excluding carboxylic acids is 2. The fourth-order valence-electron chi connectivity index (χ4n) is 1.62. The van der Waals surface area contributed by atoms with Crippen LogP contribution in [0.3, 0.4) is 0 Å². The Bertz CT molecular complexity index is 467. The third-order valence-corrected chi connectivity index (χ3v) is 2.43. The molecule has 0 aliphatic heterocycles. The minimum Gasteiger partial charge on any atom is -0.294 e. The van der Waals surface area contributed by atoms with Crippen LogP contribution in [0.5, 0.6) is 0 Å². The molecule has 2 nitrogen and oxygen atoms in total. The first kappa shape index (κ1) is 10.6.